The molecule has 0 radical (unpaired) electrons. The summed E-state index contributed by atoms with van der Waals surface area (Å²) in [5.74, 6) is 1.93. The zero-order valence-corrected chi connectivity index (χ0v) is 16.0. The van der Waals surface area contributed by atoms with E-state index in [1.54, 1.807) is 26.4 Å². The number of halogens is 1. The highest BCUT2D eigenvalue weighted by Crippen LogP contribution is 2.37. The molecular formula is C22H27FN2O2. The van der Waals surface area contributed by atoms with Crippen LogP contribution in [0.1, 0.15) is 29.9 Å². The van der Waals surface area contributed by atoms with E-state index in [9.17, 15) is 4.39 Å². The molecule has 27 heavy (non-hydrogen) atoms. The normalized spacial score (nSPS) is 25.2. The minimum absolute atomic E-state index is 0.178. The Morgan fingerprint density at radius 1 is 1.11 bits per heavy atom. The molecule has 2 fully saturated rings. The molecule has 4 rings (SSSR count). The van der Waals surface area contributed by atoms with Gasteiger partial charge in [-0.05, 0) is 55.3 Å². The number of hydrogen-bond donors (Lipinski definition) is 1. The van der Waals surface area contributed by atoms with E-state index in [1.165, 1.54) is 18.4 Å². The van der Waals surface area contributed by atoms with Crippen molar-refractivity contribution in [3.63, 3.8) is 0 Å². The molecule has 0 aromatic heterocycles. The van der Waals surface area contributed by atoms with Crippen LogP contribution in [-0.4, -0.2) is 44.3 Å². The predicted molar refractivity (Wildman–Crippen MR) is 104 cm³/mol. The van der Waals surface area contributed by atoms with Crippen LogP contribution in [-0.2, 0) is 6.54 Å². The van der Waals surface area contributed by atoms with E-state index < -0.39 is 0 Å². The third-order valence-corrected chi connectivity index (χ3v) is 5.97. The van der Waals surface area contributed by atoms with Crippen molar-refractivity contribution in [1.82, 2.24) is 10.2 Å². The number of likely N-dealkylation sites (tertiary alicyclic amines) is 1. The summed E-state index contributed by atoms with van der Waals surface area (Å²) in [5.41, 5.74) is 2.35. The number of fused-ring (bicyclic) bond motifs is 1. The van der Waals surface area contributed by atoms with Crippen LogP contribution in [0.4, 0.5) is 4.39 Å². The van der Waals surface area contributed by atoms with Gasteiger partial charge < -0.3 is 14.8 Å². The molecule has 0 amide bonds. The molecule has 3 atom stereocenters. The molecule has 0 unspecified atom stereocenters. The van der Waals surface area contributed by atoms with Gasteiger partial charge in [-0.3, -0.25) is 4.90 Å². The zero-order valence-electron chi connectivity index (χ0n) is 16.0. The van der Waals surface area contributed by atoms with Gasteiger partial charge in [0.1, 0.15) is 17.3 Å². The molecule has 144 valence electrons. The average Bonchev–Trinajstić information content (AvgIpc) is 3.14. The lowest BCUT2D eigenvalue weighted by Gasteiger charge is -2.40. The van der Waals surface area contributed by atoms with Crippen molar-refractivity contribution in [3.05, 3.63) is 59.4 Å². The molecular weight excluding hydrogens is 343 g/mol. The summed E-state index contributed by atoms with van der Waals surface area (Å²) >= 11 is 0. The number of nitrogens with zero attached hydrogens (tertiary/aromatic N) is 1. The zero-order chi connectivity index (χ0) is 18.8. The molecule has 0 saturated carbocycles. The lowest BCUT2D eigenvalue weighted by molar-refractivity contribution is 0.119. The Balaban J connectivity index is 1.61. The smallest absolute Gasteiger partial charge is 0.123 e. The first kappa shape index (κ1) is 18.3. The number of rotatable bonds is 5. The fourth-order valence-corrected chi connectivity index (χ4v) is 4.68. The van der Waals surface area contributed by atoms with Crippen molar-refractivity contribution in [1.29, 1.82) is 0 Å². The summed E-state index contributed by atoms with van der Waals surface area (Å²) in [6, 6.07) is 13.9. The fourth-order valence-electron chi connectivity index (χ4n) is 4.68. The van der Waals surface area contributed by atoms with Crippen molar-refractivity contribution < 1.29 is 13.9 Å². The number of methoxy groups -OCH3 is 2. The van der Waals surface area contributed by atoms with Gasteiger partial charge in [0.05, 0.1) is 14.2 Å². The monoisotopic (exact) mass is 370 g/mol. The summed E-state index contributed by atoms with van der Waals surface area (Å²) in [7, 11) is 3.40. The second-order valence-electron chi connectivity index (χ2n) is 7.45. The van der Waals surface area contributed by atoms with Crippen LogP contribution in [0.25, 0.3) is 0 Å². The Kier molecular flexibility index (Phi) is 5.32. The Labute approximate surface area is 160 Å². The molecule has 1 N–H and O–H groups in total. The van der Waals surface area contributed by atoms with E-state index in [0.717, 1.165) is 36.7 Å². The van der Waals surface area contributed by atoms with E-state index >= 15 is 0 Å². The van der Waals surface area contributed by atoms with Gasteiger partial charge in [-0.1, -0.05) is 12.1 Å². The highest BCUT2D eigenvalue weighted by Gasteiger charge is 2.42. The molecule has 5 heteroatoms. The van der Waals surface area contributed by atoms with Crippen LogP contribution in [0, 0.1) is 5.82 Å². The van der Waals surface area contributed by atoms with Gasteiger partial charge in [0.25, 0.3) is 0 Å². The molecule has 0 bridgehead atoms. The first-order valence-corrected chi connectivity index (χ1v) is 9.63. The molecule has 2 aliphatic rings. The van der Waals surface area contributed by atoms with Gasteiger partial charge in [-0.2, -0.15) is 0 Å². The van der Waals surface area contributed by atoms with E-state index in [4.69, 9.17) is 9.47 Å². The van der Waals surface area contributed by atoms with Crippen LogP contribution in [0.2, 0.25) is 0 Å². The van der Waals surface area contributed by atoms with Crippen LogP contribution in [0.15, 0.2) is 42.5 Å². The Hall–Kier alpha value is -2.11. The SMILES string of the molecule is COc1ccc(OC)c(CN2CCC[C@H]3NC[C@H](c4ccc(F)cc4)[C@H]32)c1. The Morgan fingerprint density at radius 2 is 1.93 bits per heavy atom. The molecule has 2 aromatic carbocycles. The molecule has 2 aromatic rings. The summed E-state index contributed by atoms with van der Waals surface area (Å²) < 4.78 is 24.4. The lowest BCUT2D eigenvalue weighted by atomic mass is 9.86. The maximum absolute atomic E-state index is 13.4. The first-order valence-electron chi connectivity index (χ1n) is 9.63. The molecule has 0 aliphatic carbocycles. The van der Waals surface area contributed by atoms with Gasteiger partial charge in [0.15, 0.2) is 0 Å². The third-order valence-electron chi connectivity index (χ3n) is 5.97. The van der Waals surface area contributed by atoms with Crippen molar-refractivity contribution in [2.75, 3.05) is 27.3 Å². The fraction of sp³-hybridized carbons (Fsp3) is 0.455. The summed E-state index contributed by atoms with van der Waals surface area (Å²) in [6.07, 6.45) is 2.37. The van der Waals surface area contributed by atoms with Crippen molar-refractivity contribution >= 4 is 0 Å². The molecule has 2 aliphatic heterocycles. The Morgan fingerprint density at radius 3 is 2.67 bits per heavy atom. The standard InChI is InChI=1S/C22H27FN2O2/c1-26-18-9-10-21(27-2)16(12-18)14-25-11-3-4-20-22(25)19(13-24-20)15-5-7-17(23)8-6-15/h5-10,12,19-20,22,24H,3-4,11,13-14H2,1-2H3/t19-,20-,22-/m1/s1. The first-order chi connectivity index (χ1) is 13.2. The number of benzene rings is 2. The largest absolute Gasteiger partial charge is 0.497 e. The van der Waals surface area contributed by atoms with Gasteiger partial charge in [-0.25, -0.2) is 4.39 Å². The number of hydrogen-bond acceptors (Lipinski definition) is 4. The van der Waals surface area contributed by atoms with Gasteiger partial charge in [0, 0.05) is 36.7 Å². The highest BCUT2D eigenvalue weighted by atomic mass is 19.1. The van der Waals surface area contributed by atoms with Crippen molar-refractivity contribution in [2.45, 2.75) is 37.4 Å². The van der Waals surface area contributed by atoms with Crippen molar-refractivity contribution in [2.24, 2.45) is 0 Å². The highest BCUT2D eigenvalue weighted by molar-refractivity contribution is 5.40. The Bertz CT molecular complexity index is 780. The van der Waals surface area contributed by atoms with E-state index in [1.807, 2.05) is 24.3 Å². The lowest BCUT2D eigenvalue weighted by Crippen LogP contribution is -2.49. The van der Waals surface area contributed by atoms with Crippen LogP contribution in [0.3, 0.4) is 0 Å². The second kappa shape index (κ2) is 7.87. The quantitative estimate of drug-likeness (QED) is 0.873. The average molecular weight is 370 g/mol. The number of nitrogens with one attached hydrogen (secondary N) is 1. The maximum atomic E-state index is 13.4. The van der Waals surface area contributed by atoms with Crippen LogP contribution in [0.5, 0.6) is 11.5 Å². The van der Waals surface area contributed by atoms with E-state index in [-0.39, 0.29) is 5.82 Å². The molecule has 2 heterocycles. The molecule has 4 nitrogen and oxygen atoms in total. The van der Waals surface area contributed by atoms with Gasteiger partial charge in [0.2, 0.25) is 0 Å². The van der Waals surface area contributed by atoms with Crippen molar-refractivity contribution in [3.8, 4) is 11.5 Å². The second-order valence-corrected chi connectivity index (χ2v) is 7.45. The summed E-state index contributed by atoms with van der Waals surface area (Å²) in [4.78, 5) is 2.56. The van der Waals surface area contributed by atoms with Crippen LogP contribution < -0.4 is 14.8 Å². The van der Waals surface area contributed by atoms with E-state index in [2.05, 4.69) is 16.3 Å². The summed E-state index contributed by atoms with van der Waals surface area (Å²) in [5, 5.41) is 3.70. The number of ether oxygens (including phenoxy) is 2. The summed E-state index contributed by atoms with van der Waals surface area (Å²) in [6.45, 7) is 2.81. The van der Waals surface area contributed by atoms with E-state index in [0.29, 0.717) is 18.0 Å². The molecule has 2 saturated heterocycles. The minimum Gasteiger partial charge on any atom is -0.497 e. The maximum Gasteiger partial charge on any atom is 0.123 e. The number of piperidine rings is 1. The van der Waals surface area contributed by atoms with Crippen LogP contribution >= 0.6 is 0 Å². The molecule has 0 spiro atoms. The predicted octanol–water partition coefficient (Wildman–Crippen LogP) is 3.56. The van der Waals surface area contributed by atoms with Gasteiger partial charge >= 0.3 is 0 Å². The third kappa shape index (κ3) is 3.66. The topological polar surface area (TPSA) is 33.7 Å². The minimum atomic E-state index is -0.178. The van der Waals surface area contributed by atoms with Gasteiger partial charge in [-0.15, -0.1) is 0 Å².